The van der Waals surface area contributed by atoms with Crippen LogP contribution in [-0.4, -0.2) is 11.5 Å². The third-order valence-corrected chi connectivity index (χ3v) is 2.29. The van der Waals surface area contributed by atoms with E-state index in [0.29, 0.717) is 17.2 Å². The zero-order valence-electron chi connectivity index (χ0n) is 10.1. The van der Waals surface area contributed by atoms with Crippen molar-refractivity contribution in [1.29, 1.82) is 5.26 Å². The van der Waals surface area contributed by atoms with Crippen LogP contribution in [0.3, 0.4) is 0 Å². The van der Waals surface area contributed by atoms with Crippen molar-refractivity contribution < 1.29 is 4.74 Å². The summed E-state index contributed by atoms with van der Waals surface area (Å²) in [6, 6.07) is 14.5. The Hall–Kier alpha value is -2.54. The van der Waals surface area contributed by atoms with E-state index in [0.717, 1.165) is 12.4 Å². The van der Waals surface area contributed by atoms with Crippen LogP contribution in [0.2, 0.25) is 0 Å². The molecule has 0 unspecified atom stereocenters. The minimum absolute atomic E-state index is 0.526. The quantitative estimate of drug-likeness (QED) is 0.890. The number of nitrogens with one attached hydrogen (secondary N) is 1. The summed E-state index contributed by atoms with van der Waals surface area (Å²) in [5.41, 5.74) is 0.608. The normalized spacial score (nSPS) is 9.56. The molecule has 2 aromatic rings. The smallest absolute Gasteiger partial charge is 0.221 e. The van der Waals surface area contributed by atoms with E-state index in [1.165, 1.54) is 0 Å². The van der Waals surface area contributed by atoms with Crippen LogP contribution in [0.5, 0.6) is 11.6 Å². The van der Waals surface area contributed by atoms with E-state index >= 15 is 0 Å². The number of ether oxygens (including phenoxy) is 1. The van der Waals surface area contributed by atoms with Crippen molar-refractivity contribution in [2.45, 2.75) is 6.92 Å². The fraction of sp³-hybridized carbons (Fsp3) is 0.143. The van der Waals surface area contributed by atoms with Gasteiger partial charge in [0.05, 0.1) is 11.6 Å². The number of rotatable bonds is 4. The Morgan fingerprint density at radius 3 is 2.67 bits per heavy atom. The fourth-order valence-corrected chi connectivity index (χ4v) is 1.47. The molecule has 1 aromatic heterocycles. The molecule has 0 bridgehead atoms. The molecule has 0 radical (unpaired) electrons. The molecule has 4 heteroatoms. The van der Waals surface area contributed by atoms with Crippen LogP contribution >= 0.6 is 0 Å². The van der Waals surface area contributed by atoms with Crippen molar-refractivity contribution in [2.24, 2.45) is 0 Å². The molecule has 0 saturated carbocycles. The van der Waals surface area contributed by atoms with Crippen LogP contribution in [0, 0.1) is 11.3 Å². The topological polar surface area (TPSA) is 57.9 Å². The molecule has 0 fully saturated rings. The van der Waals surface area contributed by atoms with Gasteiger partial charge in [-0.05, 0) is 37.3 Å². The standard InChI is InChI=1S/C14H13N3O/c1-2-16-13-4-3-5-14(17-13)18-12-8-6-11(10-15)7-9-12/h3-9H,2H2,1H3,(H,16,17). The Balaban J connectivity index is 2.12. The van der Waals surface area contributed by atoms with Crippen molar-refractivity contribution in [2.75, 3.05) is 11.9 Å². The maximum atomic E-state index is 8.70. The molecule has 1 aromatic carbocycles. The number of nitrogens with zero attached hydrogens (tertiary/aromatic N) is 2. The van der Waals surface area contributed by atoms with E-state index in [1.807, 2.05) is 19.1 Å². The van der Waals surface area contributed by atoms with E-state index in [4.69, 9.17) is 10.00 Å². The number of hydrogen-bond acceptors (Lipinski definition) is 4. The molecule has 0 aliphatic heterocycles. The van der Waals surface area contributed by atoms with Crippen molar-refractivity contribution in [1.82, 2.24) is 4.98 Å². The number of hydrogen-bond donors (Lipinski definition) is 1. The zero-order chi connectivity index (χ0) is 12.8. The third kappa shape index (κ3) is 2.98. The highest BCUT2D eigenvalue weighted by Crippen LogP contribution is 2.20. The van der Waals surface area contributed by atoms with E-state index in [-0.39, 0.29) is 0 Å². The van der Waals surface area contributed by atoms with Crippen LogP contribution in [0.1, 0.15) is 12.5 Å². The molecule has 0 aliphatic rings. The highest BCUT2D eigenvalue weighted by atomic mass is 16.5. The van der Waals surface area contributed by atoms with Gasteiger partial charge in [-0.2, -0.15) is 10.2 Å². The lowest BCUT2D eigenvalue weighted by molar-refractivity contribution is 0.463. The van der Waals surface area contributed by atoms with Crippen molar-refractivity contribution in [3.8, 4) is 17.7 Å². The molecule has 1 heterocycles. The first-order chi connectivity index (χ1) is 8.81. The second kappa shape index (κ2) is 5.69. The van der Waals surface area contributed by atoms with Gasteiger partial charge in [0.15, 0.2) is 0 Å². The predicted octanol–water partition coefficient (Wildman–Crippen LogP) is 3.18. The van der Waals surface area contributed by atoms with Crippen LogP contribution in [0.15, 0.2) is 42.5 Å². The molecule has 0 aliphatic carbocycles. The van der Waals surface area contributed by atoms with E-state index in [9.17, 15) is 0 Å². The van der Waals surface area contributed by atoms with Gasteiger partial charge in [0.25, 0.3) is 0 Å². The molecule has 0 atom stereocenters. The number of aromatic nitrogens is 1. The Morgan fingerprint density at radius 1 is 1.22 bits per heavy atom. The van der Waals surface area contributed by atoms with Crippen LogP contribution < -0.4 is 10.1 Å². The van der Waals surface area contributed by atoms with Gasteiger partial charge < -0.3 is 10.1 Å². The Bertz CT molecular complexity index is 558. The lowest BCUT2D eigenvalue weighted by Crippen LogP contribution is -1.99. The summed E-state index contributed by atoms with van der Waals surface area (Å²) in [5.74, 6) is 1.97. The van der Waals surface area contributed by atoms with Gasteiger partial charge >= 0.3 is 0 Å². The molecular formula is C14H13N3O. The lowest BCUT2D eigenvalue weighted by Gasteiger charge is -2.07. The minimum atomic E-state index is 0.526. The molecule has 18 heavy (non-hydrogen) atoms. The minimum Gasteiger partial charge on any atom is -0.439 e. The molecule has 0 amide bonds. The SMILES string of the molecule is CCNc1cccc(Oc2ccc(C#N)cc2)n1. The summed E-state index contributed by atoms with van der Waals surface area (Å²) in [5, 5.41) is 11.8. The molecular weight excluding hydrogens is 226 g/mol. The number of anilines is 1. The van der Waals surface area contributed by atoms with Gasteiger partial charge in [-0.1, -0.05) is 6.07 Å². The number of pyridine rings is 1. The van der Waals surface area contributed by atoms with Crippen LogP contribution in [0.4, 0.5) is 5.82 Å². The molecule has 0 saturated heterocycles. The molecule has 1 N–H and O–H groups in total. The zero-order valence-corrected chi connectivity index (χ0v) is 10.1. The summed E-state index contributed by atoms with van der Waals surface area (Å²) >= 11 is 0. The maximum Gasteiger partial charge on any atom is 0.221 e. The first-order valence-corrected chi connectivity index (χ1v) is 5.71. The fourth-order valence-electron chi connectivity index (χ4n) is 1.47. The monoisotopic (exact) mass is 239 g/mol. The number of nitriles is 1. The lowest BCUT2D eigenvalue weighted by atomic mass is 10.2. The summed E-state index contributed by atoms with van der Waals surface area (Å²) in [6.45, 7) is 2.82. The average Bonchev–Trinajstić information content (AvgIpc) is 2.40. The second-order valence-electron chi connectivity index (χ2n) is 3.63. The van der Waals surface area contributed by atoms with Gasteiger partial charge in [-0.25, -0.2) is 0 Å². The molecule has 4 nitrogen and oxygen atoms in total. The van der Waals surface area contributed by atoms with Gasteiger partial charge in [-0.15, -0.1) is 0 Å². The van der Waals surface area contributed by atoms with E-state index in [2.05, 4.69) is 16.4 Å². The molecule has 2 rings (SSSR count). The summed E-state index contributed by atoms with van der Waals surface area (Å²) in [4.78, 5) is 4.30. The largest absolute Gasteiger partial charge is 0.439 e. The van der Waals surface area contributed by atoms with Crippen molar-refractivity contribution >= 4 is 5.82 Å². The number of benzene rings is 1. The Kier molecular flexibility index (Phi) is 3.77. The van der Waals surface area contributed by atoms with Gasteiger partial charge in [0.2, 0.25) is 5.88 Å². The van der Waals surface area contributed by atoms with Gasteiger partial charge in [-0.3, -0.25) is 0 Å². The first-order valence-electron chi connectivity index (χ1n) is 5.71. The van der Waals surface area contributed by atoms with Crippen LogP contribution in [-0.2, 0) is 0 Å². The second-order valence-corrected chi connectivity index (χ2v) is 3.63. The maximum absolute atomic E-state index is 8.70. The highest BCUT2D eigenvalue weighted by molar-refractivity contribution is 5.39. The Morgan fingerprint density at radius 2 is 2.00 bits per heavy atom. The first kappa shape index (κ1) is 11.9. The van der Waals surface area contributed by atoms with Crippen molar-refractivity contribution in [3.63, 3.8) is 0 Å². The van der Waals surface area contributed by atoms with Crippen LogP contribution in [0.25, 0.3) is 0 Å². The van der Waals surface area contributed by atoms with E-state index in [1.54, 1.807) is 30.3 Å². The summed E-state index contributed by atoms with van der Waals surface area (Å²) in [7, 11) is 0. The van der Waals surface area contributed by atoms with Gasteiger partial charge in [0.1, 0.15) is 11.6 Å². The average molecular weight is 239 g/mol. The third-order valence-electron chi connectivity index (χ3n) is 2.29. The Labute approximate surface area is 106 Å². The van der Waals surface area contributed by atoms with Crippen molar-refractivity contribution in [3.05, 3.63) is 48.0 Å². The summed E-state index contributed by atoms with van der Waals surface area (Å²) in [6.07, 6.45) is 0. The molecule has 0 spiro atoms. The summed E-state index contributed by atoms with van der Waals surface area (Å²) < 4.78 is 5.60. The molecule has 90 valence electrons. The highest BCUT2D eigenvalue weighted by Gasteiger charge is 2.00. The van der Waals surface area contributed by atoms with Gasteiger partial charge in [0, 0.05) is 12.6 Å². The van der Waals surface area contributed by atoms with E-state index < -0.39 is 0 Å². The predicted molar refractivity (Wildman–Crippen MR) is 69.6 cm³/mol.